The van der Waals surface area contributed by atoms with Gasteiger partial charge in [-0.05, 0) is 31.2 Å². The second kappa shape index (κ2) is 8.17. The fourth-order valence-corrected chi connectivity index (χ4v) is 1.61. The van der Waals surface area contributed by atoms with E-state index in [1.165, 1.54) is 25.1 Å². The van der Waals surface area contributed by atoms with Gasteiger partial charge in [-0.15, -0.1) is 0 Å². The molecule has 0 aliphatic rings. The van der Waals surface area contributed by atoms with Crippen LogP contribution in [0.5, 0.6) is 5.75 Å². The van der Waals surface area contributed by atoms with Gasteiger partial charge in [0, 0.05) is 27.7 Å². The normalized spacial score (nSPS) is 12.2. The summed E-state index contributed by atoms with van der Waals surface area (Å²) in [4.78, 5) is 21.7. The van der Waals surface area contributed by atoms with Gasteiger partial charge < -0.3 is 14.9 Å². The molecule has 113 valence electrons. The number of ether oxygens (including phenoxy) is 1. The predicted octanol–water partition coefficient (Wildman–Crippen LogP) is 2.85. The Bertz CT molecular complexity index is 545. The molecule has 0 amide bonds. The molecule has 1 aromatic carbocycles. The first-order valence-corrected chi connectivity index (χ1v) is 5.83. The number of hydrogen-bond acceptors (Lipinski definition) is 3. The maximum absolute atomic E-state index is 11.0. The summed E-state index contributed by atoms with van der Waals surface area (Å²) in [5.74, 6) is -2.45. The van der Waals surface area contributed by atoms with E-state index in [0.29, 0.717) is 5.02 Å². The fraction of sp³-hybridized carbons (Fsp3) is 0.167. The summed E-state index contributed by atoms with van der Waals surface area (Å²) in [7, 11) is 0. The van der Waals surface area contributed by atoms with Gasteiger partial charge in [-0.1, -0.05) is 23.2 Å². The van der Waals surface area contributed by atoms with Crippen LogP contribution in [0.3, 0.4) is 0 Å². The second-order valence-corrected chi connectivity index (χ2v) is 4.45. The molecular formula is C12H10Cl2CuO5. The van der Waals surface area contributed by atoms with E-state index in [2.05, 4.69) is 0 Å². The third-order valence-electron chi connectivity index (χ3n) is 2.13. The van der Waals surface area contributed by atoms with Gasteiger partial charge in [0.25, 0.3) is 0 Å². The monoisotopic (exact) mass is 367 g/mol. The van der Waals surface area contributed by atoms with E-state index in [0.717, 1.165) is 6.08 Å². The molecule has 0 saturated heterocycles. The van der Waals surface area contributed by atoms with Gasteiger partial charge in [0.15, 0.2) is 0 Å². The number of rotatable bonds is 5. The van der Waals surface area contributed by atoms with Crippen molar-refractivity contribution in [2.45, 2.75) is 13.0 Å². The molecule has 0 aliphatic heterocycles. The van der Waals surface area contributed by atoms with Crippen molar-refractivity contribution in [3.05, 3.63) is 39.9 Å². The topological polar surface area (TPSA) is 83.8 Å². The average Bonchev–Trinajstić information content (AvgIpc) is 2.30. The van der Waals surface area contributed by atoms with Crippen LogP contribution < -0.4 is 4.74 Å². The molecular weight excluding hydrogens is 359 g/mol. The molecule has 0 aromatic heterocycles. The summed E-state index contributed by atoms with van der Waals surface area (Å²) >= 11 is 11.5. The van der Waals surface area contributed by atoms with Crippen LogP contribution in [-0.2, 0) is 26.7 Å². The third kappa shape index (κ3) is 5.43. The van der Waals surface area contributed by atoms with Crippen LogP contribution in [0.25, 0.3) is 0 Å². The Labute approximate surface area is 135 Å². The zero-order valence-electron chi connectivity index (χ0n) is 10.1. The maximum Gasteiger partial charge on any atom is 0.349 e. The van der Waals surface area contributed by atoms with Crippen molar-refractivity contribution >= 4 is 35.1 Å². The molecule has 1 unspecified atom stereocenters. The second-order valence-electron chi connectivity index (χ2n) is 3.61. The van der Waals surface area contributed by atoms with Gasteiger partial charge in [0.2, 0.25) is 6.10 Å². The van der Waals surface area contributed by atoms with Crippen molar-refractivity contribution < 1.29 is 41.6 Å². The number of carboxylic acids is 2. The fourth-order valence-electron chi connectivity index (χ4n) is 1.16. The number of hydrogen-bond donors (Lipinski definition) is 2. The maximum atomic E-state index is 11.0. The Morgan fingerprint density at radius 3 is 2.35 bits per heavy atom. The minimum atomic E-state index is -1.45. The van der Waals surface area contributed by atoms with Crippen LogP contribution in [0.15, 0.2) is 29.8 Å². The first kappa shape index (κ1) is 18.8. The number of halogens is 2. The number of carboxylic acid groups (broad SMARTS) is 2. The van der Waals surface area contributed by atoms with Crippen molar-refractivity contribution in [1.82, 2.24) is 0 Å². The molecule has 1 radical (unpaired) electrons. The van der Waals surface area contributed by atoms with Crippen LogP contribution >= 0.6 is 23.2 Å². The van der Waals surface area contributed by atoms with E-state index in [1.54, 1.807) is 0 Å². The minimum Gasteiger partial charge on any atom is -0.478 e. The Morgan fingerprint density at radius 2 is 1.90 bits per heavy atom. The van der Waals surface area contributed by atoms with E-state index < -0.39 is 18.0 Å². The van der Waals surface area contributed by atoms with Crippen molar-refractivity contribution in [2.24, 2.45) is 0 Å². The molecule has 1 rings (SSSR count). The standard InChI is InChI=1S/C12H10Cl2O5.Cu/c1-6(11(15)16)4-10(12(17)18)19-9-3-2-7(13)5-8(9)14;/h2-5,10H,1H3,(H,15,16)(H,17,18);. The molecule has 8 heteroatoms. The van der Waals surface area contributed by atoms with Crippen molar-refractivity contribution in [3.8, 4) is 5.75 Å². The third-order valence-corrected chi connectivity index (χ3v) is 2.66. The van der Waals surface area contributed by atoms with Crippen LogP contribution in [0.2, 0.25) is 10.0 Å². The predicted molar refractivity (Wildman–Crippen MR) is 69.9 cm³/mol. The molecule has 0 fully saturated rings. The molecule has 2 N–H and O–H groups in total. The van der Waals surface area contributed by atoms with Crippen LogP contribution in [-0.4, -0.2) is 28.3 Å². The van der Waals surface area contributed by atoms with Crippen molar-refractivity contribution in [3.63, 3.8) is 0 Å². The summed E-state index contributed by atoms with van der Waals surface area (Å²) in [6, 6.07) is 4.28. The van der Waals surface area contributed by atoms with Gasteiger partial charge in [0.05, 0.1) is 5.02 Å². The summed E-state index contributed by atoms with van der Waals surface area (Å²) in [6.45, 7) is 1.27. The van der Waals surface area contributed by atoms with Crippen molar-refractivity contribution in [1.29, 1.82) is 0 Å². The van der Waals surface area contributed by atoms with Crippen LogP contribution in [0, 0.1) is 0 Å². The first-order chi connectivity index (χ1) is 8.81. The average molecular weight is 369 g/mol. The Hall–Kier alpha value is -1.20. The van der Waals surface area contributed by atoms with Gasteiger partial charge in [-0.2, -0.15) is 0 Å². The quantitative estimate of drug-likeness (QED) is 0.617. The van der Waals surface area contributed by atoms with Gasteiger partial charge in [0.1, 0.15) is 5.75 Å². The molecule has 0 saturated carbocycles. The molecule has 0 aliphatic carbocycles. The molecule has 0 heterocycles. The van der Waals surface area contributed by atoms with Gasteiger partial charge in [-0.25, -0.2) is 9.59 Å². The van der Waals surface area contributed by atoms with Crippen molar-refractivity contribution in [2.75, 3.05) is 0 Å². The molecule has 1 atom stereocenters. The van der Waals surface area contributed by atoms with Gasteiger partial charge in [-0.3, -0.25) is 0 Å². The molecule has 5 nitrogen and oxygen atoms in total. The Balaban J connectivity index is 0.00000361. The van der Waals surface area contributed by atoms with Crippen LogP contribution in [0.4, 0.5) is 0 Å². The SMILES string of the molecule is CC(=CC(Oc1ccc(Cl)cc1Cl)C(=O)O)C(=O)O.[Cu]. The minimum absolute atomic E-state index is 0. The summed E-state index contributed by atoms with van der Waals surface area (Å²) in [5.41, 5.74) is -0.141. The Morgan fingerprint density at radius 1 is 1.30 bits per heavy atom. The number of aliphatic carboxylic acids is 2. The smallest absolute Gasteiger partial charge is 0.349 e. The number of benzene rings is 1. The van der Waals surface area contributed by atoms with E-state index >= 15 is 0 Å². The molecule has 0 bridgehead atoms. The largest absolute Gasteiger partial charge is 0.478 e. The first-order valence-electron chi connectivity index (χ1n) is 5.07. The molecule has 0 spiro atoms. The summed E-state index contributed by atoms with van der Waals surface area (Å²) in [5, 5.41) is 18.2. The number of carbonyl (C=O) groups is 2. The van der Waals surface area contributed by atoms with E-state index in [-0.39, 0.29) is 33.4 Å². The zero-order valence-corrected chi connectivity index (χ0v) is 12.5. The summed E-state index contributed by atoms with van der Waals surface area (Å²) in [6.07, 6.45) is -0.468. The zero-order chi connectivity index (χ0) is 14.6. The summed E-state index contributed by atoms with van der Waals surface area (Å²) < 4.78 is 5.15. The van der Waals surface area contributed by atoms with E-state index in [9.17, 15) is 9.59 Å². The van der Waals surface area contributed by atoms with E-state index in [1.807, 2.05) is 0 Å². The van der Waals surface area contributed by atoms with Gasteiger partial charge >= 0.3 is 11.9 Å². The van der Waals surface area contributed by atoms with Crippen LogP contribution in [0.1, 0.15) is 6.92 Å². The Kier molecular flexibility index (Phi) is 7.68. The molecule has 20 heavy (non-hydrogen) atoms. The molecule has 1 aromatic rings. The van der Waals surface area contributed by atoms with E-state index in [4.69, 9.17) is 38.2 Å².